The molecule has 0 saturated carbocycles. The molecule has 7 heteroatoms. The average molecular weight is 383 g/mol. The van der Waals surface area contributed by atoms with Crippen molar-refractivity contribution in [2.75, 3.05) is 13.1 Å². The number of hydrogen-bond donors (Lipinski definition) is 0. The van der Waals surface area contributed by atoms with E-state index in [4.69, 9.17) is 0 Å². The summed E-state index contributed by atoms with van der Waals surface area (Å²) in [4.78, 5) is -0.658. The molecule has 3 rings (SSSR count). The fourth-order valence-corrected chi connectivity index (χ4v) is 5.05. The van der Waals surface area contributed by atoms with Crippen LogP contribution in [-0.4, -0.2) is 25.8 Å². The molecular formula is C19H20F3NO2S. The van der Waals surface area contributed by atoms with Gasteiger partial charge in [-0.3, -0.25) is 0 Å². The third-order valence-electron chi connectivity index (χ3n) is 4.75. The van der Waals surface area contributed by atoms with Gasteiger partial charge in [0.15, 0.2) is 0 Å². The lowest BCUT2D eigenvalue weighted by atomic mass is 9.91. The van der Waals surface area contributed by atoms with Gasteiger partial charge in [-0.15, -0.1) is 0 Å². The third-order valence-corrected chi connectivity index (χ3v) is 6.71. The monoisotopic (exact) mass is 383 g/mol. The molecule has 1 heterocycles. The zero-order chi connectivity index (χ0) is 18.8. The van der Waals surface area contributed by atoms with Crippen molar-refractivity contribution in [1.29, 1.82) is 0 Å². The van der Waals surface area contributed by atoms with Crippen LogP contribution in [0.1, 0.15) is 24.0 Å². The van der Waals surface area contributed by atoms with Crippen LogP contribution in [0.2, 0.25) is 0 Å². The summed E-state index contributed by atoms with van der Waals surface area (Å²) in [6.07, 6.45) is -2.56. The van der Waals surface area contributed by atoms with E-state index in [2.05, 4.69) is 0 Å². The van der Waals surface area contributed by atoms with Crippen LogP contribution in [0.25, 0.3) is 0 Å². The second-order valence-corrected chi connectivity index (χ2v) is 8.44. The first-order valence-corrected chi connectivity index (χ1v) is 9.93. The van der Waals surface area contributed by atoms with Crippen molar-refractivity contribution >= 4 is 10.0 Å². The van der Waals surface area contributed by atoms with Gasteiger partial charge in [0, 0.05) is 13.1 Å². The number of hydrogen-bond acceptors (Lipinski definition) is 2. The van der Waals surface area contributed by atoms with Gasteiger partial charge in [-0.2, -0.15) is 17.5 Å². The first-order valence-electron chi connectivity index (χ1n) is 8.49. The SMILES string of the molecule is O=S(=O)(c1ccccc1C(F)(F)F)N1CCC(Cc2ccccc2)CC1. The molecule has 0 aliphatic carbocycles. The van der Waals surface area contributed by atoms with Gasteiger partial charge >= 0.3 is 6.18 Å². The molecule has 1 fully saturated rings. The van der Waals surface area contributed by atoms with Gasteiger partial charge in [0.2, 0.25) is 10.0 Å². The molecule has 140 valence electrons. The van der Waals surface area contributed by atoms with Crippen molar-refractivity contribution in [2.45, 2.75) is 30.3 Å². The molecule has 2 aromatic rings. The van der Waals surface area contributed by atoms with Gasteiger partial charge in [0.05, 0.1) is 10.5 Å². The Morgan fingerprint density at radius 3 is 2.12 bits per heavy atom. The number of alkyl halides is 3. The Hall–Kier alpha value is -1.86. The van der Waals surface area contributed by atoms with Crippen LogP contribution in [0.3, 0.4) is 0 Å². The second kappa shape index (κ2) is 7.40. The lowest BCUT2D eigenvalue weighted by Crippen LogP contribution is -2.39. The molecule has 26 heavy (non-hydrogen) atoms. The van der Waals surface area contributed by atoms with E-state index in [-0.39, 0.29) is 13.1 Å². The fraction of sp³-hybridized carbons (Fsp3) is 0.368. The molecule has 0 N–H and O–H groups in total. The summed E-state index contributed by atoms with van der Waals surface area (Å²) in [5.41, 5.74) is 0.0858. The molecule has 2 aromatic carbocycles. The van der Waals surface area contributed by atoms with Crippen LogP contribution >= 0.6 is 0 Å². The van der Waals surface area contributed by atoms with Gasteiger partial charge < -0.3 is 0 Å². The molecular weight excluding hydrogens is 363 g/mol. The molecule has 0 amide bonds. The number of nitrogens with zero attached hydrogens (tertiary/aromatic N) is 1. The Kier molecular flexibility index (Phi) is 5.39. The van der Waals surface area contributed by atoms with Crippen LogP contribution in [0.15, 0.2) is 59.5 Å². The summed E-state index contributed by atoms with van der Waals surface area (Å²) in [5, 5.41) is 0. The van der Waals surface area contributed by atoms with Crippen molar-refractivity contribution in [3.05, 3.63) is 65.7 Å². The number of benzene rings is 2. The molecule has 0 bridgehead atoms. The zero-order valence-corrected chi connectivity index (χ0v) is 14.9. The lowest BCUT2D eigenvalue weighted by Gasteiger charge is -2.32. The van der Waals surface area contributed by atoms with Crippen molar-refractivity contribution in [3.8, 4) is 0 Å². The Morgan fingerprint density at radius 2 is 1.50 bits per heavy atom. The highest BCUT2D eigenvalue weighted by atomic mass is 32.2. The molecule has 1 aliphatic heterocycles. The van der Waals surface area contributed by atoms with Gasteiger partial charge in [-0.05, 0) is 42.9 Å². The Bertz CT molecular complexity index is 843. The standard InChI is InChI=1S/C19H20F3NO2S/c20-19(21,22)17-8-4-5-9-18(17)26(24,25)23-12-10-16(11-13-23)14-15-6-2-1-3-7-15/h1-9,16H,10-14H2. The first kappa shape index (κ1) is 18.9. The predicted octanol–water partition coefficient (Wildman–Crippen LogP) is 4.35. The van der Waals surface area contributed by atoms with Crippen LogP contribution in [0.5, 0.6) is 0 Å². The van der Waals surface area contributed by atoms with Gasteiger partial charge in [0.1, 0.15) is 0 Å². The largest absolute Gasteiger partial charge is 0.417 e. The normalized spacial score (nSPS) is 17.3. The van der Waals surface area contributed by atoms with E-state index in [1.807, 2.05) is 30.3 Å². The van der Waals surface area contributed by atoms with E-state index >= 15 is 0 Å². The van der Waals surface area contributed by atoms with Crippen molar-refractivity contribution < 1.29 is 21.6 Å². The van der Waals surface area contributed by atoms with Gasteiger partial charge in [-0.25, -0.2) is 8.42 Å². The van der Waals surface area contributed by atoms with Crippen LogP contribution in [0, 0.1) is 5.92 Å². The highest BCUT2D eigenvalue weighted by Crippen LogP contribution is 2.36. The molecule has 0 unspecified atom stereocenters. The quantitative estimate of drug-likeness (QED) is 0.787. The number of halogens is 3. The molecule has 0 radical (unpaired) electrons. The minimum Gasteiger partial charge on any atom is -0.207 e. The Morgan fingerprint density at radius 1 is 0.923 bits per heavy atom. The molecule has 0 aromatic heterocycles. The summed E-state index contributed by atoms with van der Waals surface area (Å²) in [5.74, 6) is 0.335. The summed E-state index contributed by atoms with van der Waals surface area (Å²) < 4.78 is 66.2. The van der Waals surface area contributed by atoms with E-state index in [1.54, 1.807) is 0 Å². The minimum atomic E-state index is -4.70. The maximum atomic E-state index is 13.2. The second-order valence-electron chi connectivity index (χ2n) is 6.53. The Balaban J connectivity index is 1.73. The average Bonchev–Trinajstić information content (AvgIpc) is 2.62. The van der Waals surface area contributed by atoms with Gasteiger partial charge in [0.25, 0.3) is 0 Å². The summed E-state index contributed by atoms with van der Waals surface area (Å²) in [7, 11) is -4.16. The minimum absolute atomic E-state index is 0.242. The van der Waals surface area contributed by atoms with E-state index < -0.39 is 26.7 Å². The van der Waals surface area contributed by atoms with Crippen molar-refractivity contribution in [1.82, 2.24) is 4.31 Å². The summed E-state index contributed by atoms with van der Waals surface area (Å²) >= 11 is 0. The predicted molar refractivity (Wildman–Crippen MR) is 93.1 cm³/mol. The highest BCUT2D eigenvalue weighted by molar-refractivity contribution is 7.89. The molecule has 0 atom stereocenters. The Labute approximate surface area is 151 Å². The molecule has 0 spiro atoms. The van der Waals surface area contributed by atoms with Gasteiger partial charge in [-0.1, -0.05) is 42.5 Å². The van der Waals surface area contributed by atoms with Crippen LogP contribution in [0.4, 0.5) is 13.2 Å². The number of piperidine rings is 1. The zero-order valence-electron chi connectivity index (χ0n) is 14.1. The van der Waals surface area contributed by atoms with E-state index in [0.717, 1.165) is 18.6 Å². The van der Waals surface area contributed by atoms with E-state index in [9.17, 15) is 21.6 Å². The first-order chi connectivity index (χ1) is 12.3. The topological polar surface area (TPSA) is 37.4 Å². The van der Waals surface area contributed by atoms with Crippen molar-refractivity contribution in [3.63, 3.8) is 0 Å². The molecule has 1 saturated heterocycles. The van der Waals surface area contributed by atoms with Crippen LogP contribution < -0.4 is 0 Å². The van der Waals surface area contributed by atoms with E-state index in [0.29, 0.717) is 18.8 Å². The summed E-state index contributed by atoms with van der Waals surface area (Å²) in [6.45, 7) is 0.484. The third kappa shape index (κ3) is 4.10. The smallest absolute Gasteiger partial charge is 0.207 e. The van der Waals surface area contributed by atoms with Crippen LogP contribution in [-0.2, 0) is 22.6 Å². The summed E-state index contributed by atoms with van der Waals surface area (Å²) in [6, 6.07) is 14.3. The lowest BCUT2D eigenvalue weighted by molar-refractivity contribution is -0.139. The maximum Gasteiger partial charge on any atom is 0.417 e. The number of sulfonamides is 1. The molecule has 3 nitrogen and oxygen atoms in total. The van der Waals surface area contributed by atoms with Crippen molar-refractivity contribution in [2.24, 2.45) is 5.92 Å². The molecule has 1 aliphatic rings. The van der Waals surface area contributed by atoms with E-state index in [1.165, 1.54) is 22.0 Å². The fourth-order valence-electron chi connectivity index (χ4n) is 3.37. The highest BCUT2D eigenvalue weighted by Gasteiger charge is 2.39. The number of rotatable bonds is 4. The maximum absolute atomic E-state index is 13.2.